The van der Waals surface area contributed by atoms with Crippen LogP contribution in [-0.4, -0.2) is 41.7 Å². The number of aryl methyl sites for hydroxylation is 2. The first kappa shape index (κ1) is 19.8. The second-order valence-corrected chi connectivity index (χ2v) is 9.20. The highest BCUT2D eigenvalue weighted by Gasteiger charge is 2.34. The zero-order chi connectivity index (χ0) is 19.1. The minimum absolute atomic E-state index is 0.0711. The van der Waals surface area contributed by atoms with Crippen LogP contribution in [0.5, 0.6) is 5.75 Å². The average Bonchev–Trinajstić information content (AvgIpc) is 2.83. The maximum atomic E-state index is 12.9. The van der Waals surface area contributed by atoms with E-state index < -0.39 is 10.0 Å². The van der Waals surface area contributed by atoms with Gasteiger partial charge in [0.15, 0.2) is 0 Å². The lowest BCUT2D eigenvalue weighted by atomic mass is 10.1. The van der Waals surface area contributed by atoms with Crippen LogP contribution in [0.2, 0.25) is 15.2 Å². The molecule has 0 atom stereocenters. The molecule has 1 fully saturated rings. The number of hydrogen-bond acceptors (Lipinski definition) is 4. The molecule has 1 aromatic carbocycles. The van der Waals surface area contributed by atoms with Crippen LogP contribution in [0.1, 0.15) is 18.5 Å². The third-order valence-corrected chi connectivity index (χ3v) is 7.41. The first-order chi connectivity index (χ1) is 12.2. The van der Waals surface area contributed by atoms with Crippen LogP contribution in [0.3, 0.4) is 0 Å². The van der Waals surface area contributed by atoms with Gasteiger partial charge in [-0.2, -0.15) is 9.40 Å². The van der Waals surface area contributed by atoms with E-state index in [0.717, 1.165) is 0 Å². The summed E-state index contributed by atoms with van der Waals surface area (Å²) in [7, 11) is -2.08. The minimum atomic E-state index is -3.69. The van der Waals surface area contributed by atoms with Crippen LogP contribution in [0.4, 0.5) is 0 Å². The summed E-state index contributed by atoms with van der Waals surface area (Å²) < 4.78 is 34.5. The molecule has 0 radical (unpaired) electrons. The average molecular weight is 439 g/mol. The summed E-state index contributed by atoms with van der Waals surface area (Å²) in [5.41, 5.74) is 0.392. The summed E-state index contributed by atoms with van der Waals surface area (Å²) in [6.45, 7) is 2.31. The highest BCUT2D eigenvalue weighted by molar-refractivity contribution is 7.89. The van der Waals surface area contributed by atoms with Crippen molar-refractivity contribution in [2.75, 3.05) is 13.1 Å². The first-order valence-electron chi connectivity index (χ1n) is 8.01. The van der Waals surface area contributed by atoms with Crippen LogP contribution < -0.4 is 4.74 Å². The first-order valence-corrected chi connectivity index (χ1v) is 10.6. The van der Waals surface area contributed by atoms with Crippen molar-refractivity contribution in [3.8, 4) is 5.75 Å². The van der Waals surface area contributed by atoms with Gasteiger partial charge in [-0.15, -0.1) is 0 Å². The molecule has 1 aliphatic heterocycles. The van der Waals surface area contributed by atoms with E-state index in [0.29, 0.717) is 47.4 Å². The molecule has 0 aliphatic carbocycles. The molecule has 0 spiro atoms. The SMILES string of the molecule is Cc1nn(C)c(Cl)c1S(=O)(=O)N1CCC(Oc2ccc(Cl)cc2Cl)CC1. The van der Waals surface area contributed by atoms with E-state index in [1.54, 1.807) is 32.2 Å². The molecule has 1 aliphatic rings. The largest absolute Gasteiger partial charge is 0.489 e. The zero-order valence-corrected chi connectivity index (χ0v) is 17.3. The number of ether oxygens (including phenoxy) is 1. The summed E-state index contributed by atoms with van der Waals surface area (Å²) in [5.74, 6) is 0.545. The molecule has 0 amide bonds. The monoisotopic (exact) mass is 437 g/mol. The predicted molar refractivity (Wildman–Crippen MR) is 102 cm³/mol. The molecule has 2 aromatic rings. The van der Waals surface area contributed by atoms with Gasteiger partial charge < -0.3 is 4.74 Å². The van der Waals surface area contributed by atoms with Gasteiger partial charge in [0.2, 0.25) is 10.0 Å². The van der Waals surface area contributed by atoms with Crippen molar-refractivity contribution in [3.63, 3.8) is 0 Å². The molecule has 3 rings (SSSR count). The number of rotatable bonds is 4. The van der Waals surface area contributed by atoms with E-state index in [2.05, 4.69) is 5.10 Å². The van der Waals surface area contributed by atoms with Gasteiger partial charge in [0, 0.05) is 25.2 Å². The number of aromatic nitrogens is 2. The summed E-state index contributed by atoms with van der Waals surface area (Å²) >= 11 is 18.1. The highest BCUT2D eigenvalue weighted by Crippen LogP contribution is 2.32. The molecule has 0 unspecified atom stereocenters. The fourth-order valence-electron chi connectivity index (χ4n) is 2.97. The smallest absolute Gasteiger partial charge is 0.248 e. The van der Waals surface area contributed by atoms with Crippen molar-refractivity contribution < 1.29 is 13.2 Å². The summed E-state index contributed by atoms with van der Waals surface area (Å²) in [4.78, 5) is 0.0711. The Bertz CT molecular complexity index is 922. The van der Waals surface area contributed by atoms with Crippen LogP contribution >= 0.6 is 34.8 Å². The third-order valence-electron chi connectivity index (χ3n) is 4.29. The van der Waals surface area contributed by atoms with Gasteiger partial charge in [0.25, 0.3) is 0 Å². The second kappa shape index (κ2) is 7.56. The Hall–Kier alpha value is -0.990. The number of piperidine rings is 1. The van der Waals surface area contributed by atoms with Gasteiger partial charge in [-0.1, -0.05) is 34.8 Å². The Kier molecular flexibility index (Phi) is 5.75. The van der Waals surface area contributed by atoms with Gasteiger partial charge in [-0.05, 0) is 38.0 Å². The van der Waals surface area contributed by atoms with E-state index in [1.165, 1.54) is 8.99 Å². The Labute approximate surface area is 167 Å². The number of benzene rings is 1. The molecular weight excluding hydrogens is 421 g/mol. The standard InChI is InChI=1S/C16H18Cl3N3O3S/c1-10-15(16(19)21(2)20-10)26(23,24)22-7-5-12(6-8-22)25-14-4-3-11(17)9-13(14)18/h3-4,9,12H,5-8H2,1-2H3. The summed E-state index contributed by atoms with van der Waals surface area (Å²) in [5, 5.41) is 5.18. The lowest BCUT2D eigenvalue weighted by Gasteiger charge is -2.31. The number of nitrogens with zero attached hydrogens (tertiary/aromatic N) is 3. The van der Waals surface area contributed by atoms with Gasteiger partial charge in [0.1, 0.15) is 21.9 Å². The van der Waals surface area contributed by atoms with Crippen LogP contribution in [0, 0.1) is 6.92 Å². The van der Waals surface area contributed by atoms with Crippen LogP contribution in [-0.2, 0) is 17.1 Å². The molecule has 1 saturated heterocycles. The molecular formula is C16H18Cl3N3O3S. The molecule has 142 valence electrons. The van der Waals surface area contributed by atoms with Crippen molar-refractivity contribution in [1.82, 2.24) is 14.1 Å². The Morgan fingerprint density at radius 1 is 1.19 bits per heavy atom. The van der Waals surface area contributed by atoms with E-state index in [4.69, 9.17) is 39.5 Å². The lowest BCUT2D eigenvalue weighted by molar-refractivity contribution is 0.135. The Morgan fingerprint density at radius 2 is 1.85 bits per heavy atom. The fraction of sp³-hybridized carbons (Fsp3) is 0.438. The van der Waals surface area contributed by atoms with Crippen molar-refractivity contribution >= 4 is 44.8 Å². The normalized spacial score (nSPS) is 16.8. The van der Waals surface area contributed by atoms with Crippen LogP contribution in [0.25, 0.3) is 0 Å². The van der Waals surface area contributed by atoms with Gasteiger partial charge in [-0.3, -0.25) is 4.68 Å². The van der Waals surface area contributed by atoms with Gasteiger partial charge >= 0.3 is 0 Å². The lowest BCUT2D eigenvalue weighted by Crippen LogP contribution is -2.41. The summed E-state index contributed by atoms with van der Waals surface area (Å²) in [6, 6.07) is 5.04. The van der Waals surface area contributed by atoms with Crippen molar-refractivity contribution in [2.24, 2.45) is 7.05 Å². The predicted octanol–water partition coefficient (Wildman–Crippen LogP) is 3.92. The third kappa shape index (κ3) is 3.82. The molecule has 0 N–H and O–H groups in total. The Balaban J connectivity index is 1.70. The van der Waals surface area contributed by atoms with E-state index in [1.807, 2.05) is 0 Å². The van der Waals surface area contributed by atoms with E-state index in [-0.39, 0.29) is 16.2 Å². The molecule has 26 heavy (non-hydrogen) atoms. The summed E-state index contributed by atoms with van der Waals surface area (Å²) in [6.07, 6.45) is 0.982. The number of sulfonamides is 1. The maximum absolute atomic E-state index is 12.9. The molecule has 2 heterocycles. The number of halogens is 3. The van der Waals surface area contributed by atoms with Crippen molar-refractivity contribution in [3.05, 3.63) is 39.1 Å². The zero-order valence-electron chi connectivity index (χ0n) is 14.2. The van der Waals surface area contributed by atoms with E-state index in [9.17, 15) is 8.42 Å². The van der Waals surface area contributed by atoms with Crippen LogP contribution in [0.15, 0.2) is 23.1 Å². The fourth-order valence-corrected chi connectivity index (χ4v) is 5.60. The second-order valence-electron chi connectivity index (χ2n) is 6.12. The molecule has 0 saturated carbocycles. The van der Waals surface area contributed by atoms with Crippen molar-refractivity contribution in [1.29, 1.82) is 0 Å². The molecule has 1 aromatic heterocycles. The quantitative estimate of drug-likeness (QED) is 0.726. The van der Waals surface area contributed by atoms with E-state index >= 15 is 0 Å². The molecule has 10 heteroatoms. The van der Waals surface area contributed by atoms with Crippen molar-refractivity contribution in [2.45, 2.75) is 30.8 Å². The molecule has 6 nitrogen and oxygen atoms in total. The maximum Gasteiger partial charge on any atom is 0.248 e. The van der Waals surface area contributed by atoms with Gasteiger partial charge in [-0.25, -0.2) is 8.42 Å². The highest BCUT2D eigenvalue weighted by atomic mass is 35.5. The molecule has 0 bridgehead atoms. The Morgan fingerprint density at radius 3 is 2.38 bits per heavy atom. The topological polar surface area (TPSA) is 64.4 Å². The number of hydrogen-bond donors (Lipinski definition) is 0. The minimum Gasteiger partial charge on any atom is -0.489 e. The van der Waals surface area contributed by atoms with Gasteiger partial charge in [0.05, 0.1) is 10.7 Å².